The number of sulfonamides is 1. The Morgan fingerprint density at radius 3 is 2.19 bits per heavy atom. The second-order valence-corrected chi connectivity index (χ2v) is 10.9. The Labute approximate surface area is 212 Å². The van der Waals surface area contributed by atoms with E-state index in [0.29, 0.717) is 18.7 Å². The molecule has 0 bridgehead atoms. The molecule has 9 nitrogen and oxygen atoms in total. The standard InChI is InChI=1S/C22H26ClF3N6O3S/c23-18-13-16(22(24,25)26)14-19(29-18)30-9-11-32(12-10-30)36(34,35)17-3-1-15(2-4-17)20(21(27)33)31-7-5-28-6-8-31/h1-4,13-14,20,28H,5-12H2,(H2,27,33). The fourth-order valence-corrected chi connectivity index (χ4v) is 6.06. The van der Waals surface area contributed by atoms with E-state index in [1.54, 1.807) is 17.0 Å². The molecule has 36 heavy (non-hydrogen) atoms. The molecule has 1 aromatic carbocycles. The lowest BCUT2D eigenvalue weighted by molar-refractivity contribution is -0.137. The highest BCUT2D eigenvalue weighted by atomic mass is 35.5. The quantitative estimate of drug-likeness (QED) is 0.530. The number of nitrogens with two attached hydrogens (primary N) is 1. The van der Waals surface area contributed by atoms with E-state index in [0.717, 1.165) is 25.2 Å². The summed E-state index contributed by atoms with van der Waals surface area (Å²) in [4.78, 5) is 19.7. The van der Waals surface area contributed by atoms with Crippen LogP contribution in [0.25, 0.3) is 0 Å². The van der Waals surface area contributed by atoms with E-state index in [2.05, 4.69) is 10.3 Å². The van der Waals surface area contributed by atoms with Gasteiger partial charge in [0, 0.05) is 52.4 Å². The van der Waals surface area contributed by atoms with E-state index >= 15 is 0 Å². The molecule has 0 spiro atoms. The number of carbonyl (C=O) groups excluding carboxylic acids is 1. The molecule has 2 fully saturated rings. The lowest BCUT2D eigenvalue weighted by atomic mass is 10.0. The zero-order chi connectivity index (χ0) is 26.1. The van der Waals surface area contributed by atoms with Crippen LogP contribution in [0.4, 0.5) is 19.0 Å². The van der Waals surface area contributed by atoms with Gasteiger partial charge in [0.05, 0.1) is 10.5 Å². The second-order valence-electron chi connectivity index (χ2n) is 8.59. The summed E-state index contributed by atoms with van der Waals surface area (Å²) in [7, 11) is -3.85. The molecule has 2 aromatic rings. The summed E-state index contributed by atoms with van der Waals surface area (Å²) in [6.07, 6.45) is -4.57. The van der Waals surface area contributed by atoms with Crippen LogP contribution in [0.2, 0.25) is 5.15 Å². The number of pyridine rings is 1. The van der Waals surface area contributed by atoms with Gasteiger partial charge in [-0.3, -0.25) is 9.69 Å². The Balaban J connectivity index is 1.46. The maximum absolute atomic E-state index is 13.2. The van der Waals surface area contributed by atoms with Crippen LogP contribution in [0.5, 0.6) is 0 Å². The molecule has 2 aliphatic rings. The molecule has 3 heterocycles. The fraction of sp³-hybridized carbons (Fsp3) is 0.455. The SMILES string of the molecule is NC(=O)C(c1ccc(S(=O)(=O)N2CCN(c3cc(C(F)(F)F)cc(Cl)n3)CC2)cc1)N1CCNCC1. The number of anilines is 1. The van der Waals surface area contributed by atoms with Crippen molar-refractivity contribution in [3.8, 4) is 0 Å². The summed E-state index contributed by atoms with van der Waals surface area (Å²) in [5, 5.41) is 2.92. The summed E-state index contributed by atoms with van der Waals surface area (Å²) >= 11 is 5.78. The van der Waals surface area contributed by atoms with Gasteiger partial charge in [0.15, 0.2) is 0 Å². The first-order chi connectivity index (χ1) is 17.0. The molecule has 0 aliphatic carbocycles. The molecule has 1 atom stereocenters. The third kappa shape index (κ3) is 5.75. The van der Waals surface area contributed by atoms with Crippen molar-refractivity contribution in [1.29, 1.82) is 0 Å². The molecular weight excluding hydrogens is 521 g/mol. The number of alkyl halides is 3. The van der Waals surface area contributed by atoms with Crippen molar-refractivity contribution in [2.45, 2.75) is 17.1 Å². The van der Waals surface area contributed by atoms with Crippen LogP contribution in [0, 0.1) is 0 Å². The Morgan fingerprint density at radius 2 is 1.64 bits per heavy atom. The smallest absolute Gasteiger partial charge is 0.368 e. The third-order valence-corrected chi connectivity index (χ3v) is 8.40. The number of carbonyl (C=O) groups is 1. The molecule has 14 heteroatoms. The first kappa shape index (κ1) is 26.6. The van der Waals surface area contributed by atoms with Crippen molar-refractivity contribution in [3.63, 3.8) is 0 Å². The van der Waals surface area contributed by atoms with Crippen LogP contribution in [0.1, 0.15) is 17.2 Å². The maximum Gasteiger partial charge on any atom is 0.416 e. The lowest BCUT2D eigenvalue weighted by Crippen LogP contribution is -2.49. The van der Waals surface area contributed by atoms with E-state index in [-0.39, 0.29) is 42.0 Å². The number of rotatable bonds is 6. The first-order valence-electron chi connectivity index (χ1n) is 11.3. The molecule has 196 valence electrons. The molecule has 2 saturated heterocycles. The molecule has 0 radical (unpaired) electrons. The minimum atomic E-state index is -4.57. The molecule has 4 rings (SSSR count). The van der Waals surface area contributed by atoms with Crippen molar-refractivity contribution in [1.82, 2.24) is 19.5 Å². The van der Waals surface area contributed by atoms with E-state index in [4.69, 9.17) is 17.3 Å². The monoisotopic (exact) mass is 546 g/mol. The number of nitrogens with one attached hydrogen (secondary N) is 1. The van der Waals surface area contributed by atoms with Crippen molar-refractivity contribution in [3.05, 3.63) is 52.7 Å². The van der Waals surface area contributed by atoms with Crippen molar-refractivity contribution in [2.24, 2.45) is 5.73 Å². The summed E-state index contributed by atoms with van der Waals surface area (Å²) in [5.74, 6) is -0.464. The molecule has 0 saturated carbocycles. The normalized spacial score (nSPS) is 19.3. The minimum Gasteiger partial charge on any atom is -0.368 e. The van der Waals surface area contributed by atoms with Crippen LogP contribution in [-0.4, -0.2) is 80.9 Å². The number of hydrogen-bond donors (Lipinski definition) is 2. The van der Waals surface area contributed by atoms with Crippen LogP contribution in [0.3, 0.4) is 0 Å². The number of hydrogen-bond acceptors (Lipinski definition) is 7. The predicted molar refractivity (Wildman–Crippen MR) is 128 cm³/mol. The molecule has 3 N–H and O–H groups in total. The van der Waals surface area contributed by atoms with Gasteiger partial charge in [-0.05, 0) is 29.8 Å². The van der Waals surface area contributed by atoms with Crippen LogP contribution >= 0.6 is 11.6 Å². The number of primary amides is 1. The van der Waals surface area contributed by atoms with E-state index < -0.39 is 33.7 Å². The fourth-order valence-electron chi connectivity index (χ4n) is 4.43. The largest absolute Gasteiger partial charge is 0.416 e. The van der Waals surface area contributed by atoms with E-state index in [1.165, 1.54) is 16.4 Å². The van der Waals surface area contributed by atoms with Gasteiger partial charge in [-0.1, -0.05) is 23.7 Å². The Hall–Kier alpha value is -2.45. The Kier molecular flexibility index (Phi) is 7.76. The van der Waals surface area contributed by atoms with Gasteiger partial charge < -0.3 is 16.0 Å². The average Bonchev–Trinajstić information content (AvgIpc) is 2.84. The zero-order valence-corrected chi connectivity index (χ0v) is 20.8. The highest BCUT2D eigenvalue weighted by molar-refractivity contribution is 7.89. The van der Waals surface area contributed by atoms with Gasteiger partial charge in [-0.25, -0.2) is 13.4 Å². The topological polar surface area (TPSA) is 112 Å². The second kappa shape index (κ2) is 10.5. The van der Waals surface area contributed by atoms with Gasteiger partial charge >= 0.3 is 6.18 Å². The average molecular weight is 547 g/mol. The lowest BCUT2D eigenvalue weighted by Gasteiger charge is -2.35. The Bertz CT molecular complexity index is 1200. The molecule has 2 aliphatic heterocycles. The molecule has 1 amide bonds. The number of nitrogens with zero attached hydrogens (tertiary/aromatic N) is 4. The van der Waals surface area contributed by atoms with Gasteiger partial charge in [-0.2, -0.15) is 17.5 Å². The van der Waals surface area contributed by atoms with Gasteiger partial charge in [0.1, 0.15) is 17.0 Å². The summed E-state index contributed by atoms with van der Waals surface area (Å²) in [6.45, 7) is 3.15. The number of halogens is 4. The van der Waals surface area contributed by atoms with E-state index in [9.17, 15) is 26.4 Å². The van der Waals surface area contributed by atoms with Gasteiger partial charge in [-0.15, -0.1) is 0 Å². The van der Waals surface area contributed by atoms with Crippen molar-refractivity contribution < 1.29 is 26.4 Å². The molecule has 1 aromatic heterocycles. The van der Waals surface area contributed by atoms with Crippen molar-refractivity contribution >= 4 is 33.3 Å². The number of piperazine rings is 2. The van der Waals surface area contributed by atoms with Crippen LogP contribution in [-0.2, 0) is 21.0 Å². The number of aromatic nitrogens is 1. The third-order valence-electron chi connectivity index (χ3n) is 6.29. The maximum atomic E-state index is 13.2. The first-order valence-corrected chi connectivity index (χ1v) is 13.1. The zero-order valence-electron chi connectivity index (χ0n) is 19.2. The summed E-state index contributed by atoms with van der Waals surface area (Å²) in [5.41, 5.74) is 5.33. The van der Waals surface area contributed by atoms with Gasteiger partial charge in [0.25, 0.3) is 0 Å². The highest BCUT2D eigenvalue weighted by Gasteiger charge is 2.34. The minimum absolute atomic E-state index is 0.0432. The molecular formula is C22H26ClF3N6O3S. The highest BCUT2D eigenvalue weighted by Crippen LogP contribution is 2.33. The summed E-state index contributed by atoms with van der Waals surface area (Å²) < 4.78 is 67.0. The van der Waals surface area contributed by atoms with Crippen molar-refractivity contribution in [2.75, 3.05) is 57.3 Å². The van der Waals surface area contributed by atoms with Crippen LogP contribution < -0.4 is 16.0 Å². The number of amides is 1. The predicted octanol–water partition coefficient (Wildman–Crippen LogP) is 1.70. The van der Waals surface area contributed by atoms with Crippen LogP contribution in [0.15, 0.2) is 41.3 Å². The molecule has 1 unspecified atom stereocenters. The summed E-state index contributed by atoms with van der Waals surface area (Å²) in [6, 6.07) is 7.08. The van der Waals surface area contributed by atoms with E-state index in [1.807, 2.05) is 4.90 Å². The Morgan fingerprint density at radius 1 is 1.03 bits per heavy atom. The number of benzene rings is 1. The van der Waals surface area contributed by atoms with Gasteiger partial charge in [0.2, 0.25) is 15.9 Å².